The zero-order valence-electron chi connectivity index (χ0n) is 17.8. The Labute approximate surface area is 200 Å². The lowest BCUT2D eigenvalue weighted by atomic mass is 9.98. The third-order valence-corrected chi connectivity index (χ3v) is 5.10. The number of hydrogen-bond donors (Lipinski definition) is 4. The van der Waals surface area contributed by atoms with Gasteiger partial charge in [-0.1, -0.05) is 23.2 Å². The van der Waals surface area contributed by atoms with Gasteiger partial charge in [0.05, 0.1) is 5.56 Å². The first-order valence-corrected chi connectivity index (χ1v) is 10.6. The van der Waals surface area contributed by atoms with Crippen molar-refractivity contribution in [3.05, 3.63) is 63.9 Å². The van der Waals surface area contributed by atoms with Crippen LogP contribution in [-0.2, 0) is 16.1 Å². The number of aliphatic imine (C=N–C) groups is 1. The number of guanidine groups is 1. The number of nitrogens with zero attached hydrogens (tertiary/aromatic N) is 3. The summed E-state index contributed by atoms with van der Waals surface area (Å²) >= 11 is 12.1. The molecule has 6 N–H and O–H groups in total. The summed E-state index contributed by atoms with van der Waals surface area (Å²) in [5, 5.41) is 13.8. The number of carbonyl (C=O) groups is 3. The summed E-state index contributed by atoms with van der Waals surface area (Å²) in [5.41, 5.74) is 9.17. The molecule has 1 aromatic carbocycles. The summed E-state index contributed by atoms with van der Waals surface area (Å²) in [6, 6.07) is 7.66. The lowest BCUT2D eigenvalue weighted by molar-refractivity contribution is -0.159. The molecule has 1 heterocycles. The first-order chi connectivity index (χ1) is 15.6. The number of carboxylic acids is 1. The van der Waals surface area contributed by atoms with Crippen LogP contribution in [0.4, 0.5) is 0 Å². The minimum absolute atomic E-state index is 0.0511. The molecule has 2 amide bonds. The highest BCUT2D eigenvalue weighted by Crippen LogP contribution is 2.25. The topological polar surface area (TPSA) is 164 Å². The number of hydrogen-bond acceptors (Lipinski definition) is 6. The predicted octanol–water partition coefficient (Wildman–Crippen LogP) is 2.00. The molecule has 0 spiro atoms. The van der Waals surface area contributed by atoms with E-state index in [0.717, 1.165) is 6.92 Å². The maximum atomic E-state index is 13.2. The van der Waals surface area contributed by atoms with Gasteiger partial charge in [0.2, 0.25) is 11.6 Å². The molecule has 0 saturated heterocycles. The van der Waals surface area contributed by atoms with E-state index in [1.807, 2.05) is 0 Å². The van der Waals surface area contributed by atoms with Gasteiger partial charge in [0.25, 0.3) is 5.91 Å². The van der Waals surface area contributed by atoms with Gasteiger partial charge in [-0.3, -0.25) is 24.9 Å². The van der Waals surface area contributed by atoms with Crippen LogP contribution in [0, 0.1) is 0 Å². The highest BCUT2D eigenvalue weighted by Gasteiger charge is 2.48. The van der Waals surface area contributed by atoms with Gasteiger partial charge < -0.3 is 16.6 Å². The number of nitrogens with one attached hydrogen (secondary N) is 1. The molecule has 1 aromatic heterocycles. The fourth-order valence-corrected chi connectivity index (χ4v) is 3.84. The van der Waals surface area contributed by atoms with Crippen LogP contribution in [0.5, 0.6) is 0 Å². The van der Waals surface area contributed by atoms with Crippen molar-refractivity contribution in [1.29, 1.82) is 0 Å². The number of rotatable bonds is 10. The van der Waals surface area contributed by atoms with Crippen molar-refractivity contribution in [3.8, 4) is 0 Å². The van der Waals surface area contributed by atoms with Gasteiger partial charge in [0.1, 0.15) is 0 Å². The number of carboxylic acid groups (broad SMARTS) is 1. The molecule has 0 fully saturated rings. The van der Waals surface area contributed by atoms with Crippen LogP contribution in [-0.4, -0.2) is 50.9 Å². The maximum absolute atomic E-state index is 13.2. The Morgan fingerprint density at radius 3 is 2.39 bits per heavy atom. The Bertz CT molecular complexity index is 1030. The van der Waals surface area contributed by atoms with E-state index in [2.05, 4.69) is 15.3 Å². The Balaban J connectivity index is 2.50. The van der Waals surface area contributed by atoms with E-state index in [-0.39, 0.29) is 37.5 Å². The molecule has 0 radical (unpaired) electrons. The highest BCUT2D eigenvalue weighted by atomic mass is 35.5. The smallest absolute Gasteiger partial charge is 0.345 e. The summed E-state index contributed by atoms with van der Waals surface area (Å²) in [4.78, 5) is 46.9. The number of nitrogens with two attached hydrogens (primary N) is 2. The van der Waals surface area contributed by atoms with Gasteiger partial charge in [0, 0.05) is 42.5 Å². The Hall–Kier alpha value is -3.21. The molecular formula is C21H24Cl2N6O4. The number of amides is 2. The van der Waals surface area contributed by atoms with E-state index in [4.69, 9.17) is 34.7 Å². The number of halogens is 2. The highest BCUT2D eigenvalue weighted by molar-refractivity contribution is 6.34. The summed E-state index contributed by atoms with van der Waals surface area (Å²) in [5.74, 6) is -3.19. The van der Waals surface area contributed by atoms with Crippen molar-refractivity contribution in [2.45, 2.75) is 32.0 Å². The van der Waals surface area contributed by atoms with E-state index >= 15 is 0 Å². The maximum Gasteiger partial charge on any atom is 0.345 e. The molecule has 33 heavy (non-hydrogen) atoms. The minimum atomic E-state index is -2.12. The van der Waals surface area contributed by atoms with Crippen LogP contribution >= 0.6 is 23.2 Å². The van der Waals surface area contributed by atoms with E-state index < -0.39 is 23.4 Å². The van der Waals surface area contributed by atoms with Crippen molar-refractivity contribution in [3.63, 3.8) is 0 Å². The van der Waals surface area contributed by atoms with Crippen molar-refractivity contribution in [2.75, 3.05) is 6.54 Å². The molecule has 0 bridgehead atoms. The number of imide groups is 1. The largest absolute Gasteiger partial charge is 0.478 e. The second kappa shape index (κ2) is 11.6. The fourth-order valence-electron chi connectivity index (χ4n) is 3.27. The van der Waals surface area contributed by atoms with E-state index in [9.17, 15) is 19.5 Å². The summed E-state index contributed by atoms with van der Waals surface area (Å²) < 4.78 is 0. The second-order valence-corrected chi connectivity index (χ2v) is 7.98. The van der Waals surface area contributed by atoms with Crippen LogP contribution in [0.1, 0.15) is 35.7 Å². The van der Waals surface area contributed by atoms with Crippen molar-refractivity contribution < 1.29 is 19.5 Å². The van der Waals surface area contributed by atoms with E-state index in [1.165, 1.54) is 30.6 Å². The van der Waals surface area contributed by atoms with Gasteiger partial charge in [-0.15, -0.1) is 0 Å². The van der Waals surface area contributed by atoms with Crippen LogP contribution in [0.15, 0.2) is 47.7 Å². The molecule has 176 valence electrons. The standard InChI is InChI=1S/C21H24Cl2N6O4/c1-13(30)29(18(31)15-4-2-6-26-12-15)21(19(32)33,5-3-7-27-20(24)25)28-11-14-8-16(22)10-17(23)9-14/h2,4,6,8-10,12,28H,3,5,7,11H2,1H3,(H,32,33)(H4,24,25,27)/t21-/m0/s1. The average Bonchev–Trinajstić information content (AvgIpc) is 2.74. The first-order valence-electron chi connectivity index (χ1n) is 9.81. The SMILES string of the molecule is CC(=O)N(C(=O)c1cccnc1)[C@](CCCN=C(N)N)(NCc1cc(Cl)cc(Cl)c1)C(=O)O. The number of pyridine rings is 1. The molecule has 1 atom stereocenters. The van der Waals surface area contributed by atoms with Crippen LogP contribution in [0.2, 0.25) is 10.0 Å². The molecule has 0 aliphatic heterocycles. The summed E-state index contributed by atoms with van der Waals surface area (Å²) in [6.07, 6.45) is 2.67. The Kier molecular flexibility index (Phi) is 9.15. The minimum Gasteiger partial charge on any atom is -0.478 e. The quantitative estimate of drug-likeness (QED) is 0.168. The molecule has 2 rings (SSSR count). The molecule has 2 aromatic rings. The molecule has 0 saturated carbocycles. The average molecular weight is 495 g/mol. The van der Waals surface area contributed by atoms with Gasteiger partial charge in [-0.05, 0) is 48.7 Å². The molecular weight excluding hydrogens is 471 g/mol. The number of aliphatic carboxylic acids is 1. The zero-order valence-corrected chi connectivity index (χ0v) is 19.3. The van der Waals surface area contributed by atoms with Crippen LogP contribution in [0.3, 0.4) is 0 Å². The van der Waals surface area contributed by atoms with E-state index in [0.29, 0.717) is 20.5 Å². The first kappa shape index (κ1) is 26.0. The summed E-state index contributed by atoms with van der Waals surface area (Å²) in [7, 11) is 0. The summed E-state index contributed by atoms with van der Waals surface area (Å²) in [6.45, 7) is 1.15. The zero-order chi connectivity index (χ0) is 24.6. The normalized spacial score (nSPS) is 12.5. The van der Waals surface area contributed by atoms with E-state index in [1.54, 1.807) is 12.1 Å². The second-order valence-electron chi connectivity index (χ2n) is 7.11. The van der Waals surface area contributed by atoms with Gasteiger partial charge >= 0.3 is 5.97 Å². The predicted molar refractivity (Wildman–Crippen MR) is 125 cm³/mol. The Morgan fingerprint density at radius 2 is 1.88 bits per heavy atom. The molecule has 0 unspecified atom stereocenters. The molecule has 0 aliphatic carbocycles. The molecule has 12 heteroatoms. The molecule has 10 nitrogen and oxygen atoms in total. The third kappa shape index (κ3) is 6.88. The molecule has 0 aliphatic rings. The van der Waals surface area contributed by atoms with Gasteiger partial charge in [-0.2, -0.15) is 0 Å². The fraction of sp³-hybridized carbons (Fsp3) is 0.286. The Morgan fingerprint density at radius 1 is 1.21 bits per heavy atom. The lowest BCUT2D eigenvalue weighted by Crippen LogP contribution is -2.67. The number of benzene rings is 1. The van der Waals surface area contributed by atoms with Crippen molar-refractivity contribution in [1.82, 2.24) is 15.2 Å². The van der Waals surface area contributed by atoms with Gasteiger partial charge in [-0.25, -0.2) is 9.69 Å². The third-order valence-electron chi connectivity index (χ3n) is 4.66. The van der Waals surface area contributed by atoms with Crippen LogP contribution < -0.4 is 16.8 Å². The number of carbonyl (C=O) groups excluding carboxylic acids is 2. The van der Waals surface area contributed by atoms with Crippen molar-refractivity contribution >= 4 is 46.9 Å². The number of aromatic nitrogens is 1. The van der Waals surface area contributed by atoms with Crippen LogP contribution in [0.25, 0.3) is 0 Å². The van der Waals surface area contributed by atoms with Gasteiger partial charge in [0.15, 0.2) is 5.96 Å². The lowest BCUT2D eigenvalue weighted by Gasteiger charge is -2.39. The monoisotopic (exact) mass is 494 g/mol. The van der Waals surface area contributed by atoms with Crippen molar-refractivity contribution in [2.24, 2.45) is 16.5 Å².